The first-order valence-electron chi connectivity index (χ1n) is 7.10. The molecule has 0 saturated carbocycles. The lowest BCUT2D eigenvalue weighted by molar-refractivity contribution is -0.148. The average Bonchev–Trinajstić information content (AvgIpc) is 2.98. The van der Waals surface area contributed by atoms with Crippen molar-refractivity contribution in [2.75, 3.05) is 6.54 Å². The summed E-state index contributed by atoms with van der Waals surface area (Å²) in [6.07, 6.45) is 1.01. The highest BCUT2D eigenvalue weighted by atomic mass is 79.9. The van der Waals surface area contributed by atoms with Crippen LogP contribution in [0.5, 0.6) is 0 Å². The van der Waals surface area contributed by atoms with Crippen LogP contribution in [0.2, 0.25) is 0 Å². The summed E-state index contributed by atoms with van der Waals surface area (Å²) in [7, 11) is 0. The molecule has 1 fully saturated rings. The van der Waals surface area contributed by atoms with Gasteiger partial charge in [0.05, 0.1) is 4.47 Å². The minimum absolute atomic E-state index is 0.0848. The summed E-state index contributed by atoms with van der Waals surface area (Å²) in [6, 6.07) is 2.14. The Morgan fingerprint density at radius 2 is 2.13 bits per heavy atom. The maximum Gasteiger partial charge on any atom is 0.326 e. The van der Waals surface area contributed by atoms with Gasteiger partial charge in [-0.3, -0.25) is 9.59 Å². The smallest absolute Gasteiger partial charge is 0.326 e. The van der Waals surface area contributed by atoms with Crippen molar-refractivity contribution in [3.8, 4) is 0 Å². The first-order valence-corrected chi connectivity index (χ1v) is 7.89. The number of benzene rings is 1. The molecule has 0 bridgehead atoms. The van der Waals surface area contributed by atoms with Crippen LogP contribution in [0.25, 0.3) is 0 Å². The van der Waals surface area contributed by atoms with Crippen LogP contribution >= 0.6 is 15.9 Å². The topological polar surface area (TPSA) is 86.7 Å². The largest absolute Gasteiger partial charge is 0.480 e. The van der Waals surface area contributed by atoms with Crippen LogP contribution in [0.3, 0.4) is 0 Å². The number of aliphatic carboxylic acids is 1. The monoisotopic (exact) mass is 386 g/mol. The number of amides is 2. The molecule has 23 heavy (non-hydrogen) atoms. The summed E-state index contributed by atoms with van der Waals surface area (Å²) in [5.74, 6) is -2.68. The SMILES string of the molecule is C[C@H](NC(=O)c1ccc(Br)c(F)c1)C(=O)N1CCC[C@H]1C(=O)O. The van der Waals surface area contributed by atoms with Crippen molar-refractivity contribution in [1.82, 2.24) is 10.2 Å². The molecule has 1 aliphatic rings. The van der Waals surface area contributed by atoms with E-state index in [-0.39, 0.29) is 10.0 Å². The lowest BCUT2D eigenvalue weighted by Gasteiger charge is -2.25. The number of halogens is 2. The van der Waals surface area contributed by atoms with Crippen molar-refractivity contribution in [1.29, 1.82) is 0 Å². The molecule has 2 N–H and O–H groups in total. The maximum atomic E-state index is 13.5. The van der Waals surface area contributed by atoms with E-state index in [4.69, 9.17) is 5.11 Å². The minimum atomic E-state index is -1.05. The van der Waals surface area contributed by atoms with Gasteiger partial charge in [0.15, 0.2) is 0 Å². The van der Waals surface area contributed by atoms with E-state index in [0.29, 0.717) is 19.4 Å². The number of carboxylic acid groups (broad SMARTS) is 1. The molecule has 1 saturated heterocycles. The summed E-state index contributed by atoms with van der Waals surface area (Å²) in [4.78, 5) is 36.8. The molecule has 0 aliphatic carbocycles. The number of hydrogen-bond acceptors (Lipinski definition) is 3. The molecule has 6 nitrogen and oxygen atoms in total. The van der Waals surface area contributed by atoms with Crippen molar-refractivity contribution in [3.05, 3.63) is 34.1 Å². The van der Waals surface area contributed by atoms with Crippen molar-refractivity contribution >= 4 is 33.7 Å². The van der Waals surface area contributed by atoms with Crippen molar-refractivity contribution in [2.24, 2.45) is 0 Å². The van der Waals surface area contributed by atoms with Crippen LogP contribution in [0.4, 0.5) is 4.39 Å². The van der Waals surface area contributed by atoms with Crippen molar-refractivity contribution in [3.63, 3.8) is 0 Å². The number of rotatable bonds is 4. The van der Waals surface area contributed by atoms with Crippen molar-refractivity contribution in [2.45, 2.75) is 31.8 Å². The van der Waals surface area contributed by atoms with Gasteiger partial charge in [0.1, 0.15) is 17.9 Å². The van der Waals surface area contributed by atoms with Gasteiger partial charge in [-0.2, -0.15) is 0 Å². The third kappa shape index (κ3) is 3.87. The van der Waals surface area contributed by atoms with Gasteiger partial charge in [-0.15, -0.1) is 0 Å². The maximum absolute atomic E-state index is 13.5. The molecule has 0 spiro atoms. The second-order valence-electron chi connectivity index (χ2n) is 5.35. The van der Waals surface area contributed by atoms with Crippen LogP contribution < -0.4 is 5.32 Å². The van der Waals surface area contributed by atoms with E-state index < -0.39 is 35.7 Å². The molecule has 1 heterocycles. The quantitative estimate of drug-likeness (QED) is 0.825. The fourth-order valence-corrected chi connectivity index (χ4v) is 2.76. The molecule has 0 unspecified atom stereocenters. The Morgan fingerprint density at radius 1 is 1.43 bits per heavy atom. The van der Waals surface area contributed by atoms with E-state index in [1.807, 2.05) is 0 Å². The molecule has 1 aliphatic heterocycles. The van der Waals surface area contributed by atoms with E-state index in [1.54, 1.807) is 0 Å². The number of nitrogens with zero attached hydrogens (tertiary/aromatic N) is 1. The second-order valence-corrected chi connectivity index (χ2v) is 6.21. The third-order valence-electron chi connectivity index (χ3n) is 3.72. The first-order chi connectivity index (χ1) is 10.8. The highest BCUT2D eigenvalue weighted by Crippen LogP contribution is 2.19. The van der Waals surface area contributed by atoms with Crippen molar-refractivity contribution < 1.29 is 23.9 Å². The molecule has 0 aromatic heterocycles. The molecule has 124 valence electrons. The predicted molar refractivity (Wildman–Crippen MR) is 83.4 cm³/mol. The number of likely N-dealkylation sites (tertiary alicyclic amines) is 1. The van der Waals surface area contributed by atoms with E-state index in [2.05, 4.69) is 21.2 Å². The molecule has 1 aromatic carbocycles. The highest BCUT2D eigenvalue weighted by Gasteiger charge is 2.36. The number of carboxylic acids is 1. The lowest BCUT2D eigenvalue weighted by atomic mass is 10.1. The fraction of sp³-hybridized carbons (Fsp3) is 0.400. The fourth-order valence-electron chi connectivity index (χ4n) is 2.52. The number of carbonyl (C=O) groups is 3. The number of hydrogen-bond donors (Lipinski definition) is 2. The summed E-state index contributed by atoms with van der Waals surface area (Å²) in [6.45, 7) is 1.83. The summed E-state index contributed by atoms with van der Waals surface area (Å²) in [5.41, 5.74) is 0.0848. The standard InChI is InChI=1S/C15H16BrFN2O4/c1-8(14(21)19-6-2-3-12(19)15(22)23)18-13(20)9-4-5-10(16)11(17)7-9/h4-5,7-8,12H,2-3,6H2,1H3,(H,18,20)(H,22,23)/t8-,12-/m0/s1. The van der Waals surface area contributed by atoms with Gasteiger partial charge in [0.2, 0.25) is 5.91 Å². The highest BCUT2D eigenvalue weighted by molar-refractivity contribution is 9.10. The molecule has 2 rings (SSSR count). The lowest BCUT2D eigenvalue weighted by Crippen LogP contribution is -2.50. The number of nitrogens with one attached hydrogen (secondary N) is 1. The number of carbonyl (C=O) groups excluding carboxylic acids is 2. The van der Waals surface area contributed by atoms with E-state index in [9.17, 15) is 18.8 Å². The predicted octanol–water partition coefficient (Wildman–Crippen LogP) is 1.78. The van der Waals surface area contributed by atoms with Crippen LogP contribution in [0, 0.1) is 5.82 Å². The Hall–Kier alpha value is -1.96. The zero-order valence-corrected chi connectivity index (χ0v) is 14.0. The average molecular weight is 387 g/mol. The van der Waals surface area contributed by atoms with Crippen LogP contribution in [-0.2, 0) is 9.59 Å². The summed E-state index contributed by atoms with van der Waals surface area (Å²) in [5, 5.41) is 11.6. The van der Waals surface area contributed by atoms with Gasteiger partial charge in [0.25, 0.3) is 5.91 Å². The minimum Gasteiger partial charge on any atom is -0.480 e. The van der Waals surface area contributed by atoms with Gasteiger partial charge in [0, 0.05) is 12.1 Å². The summed E-state index contributed by atoms with van der Waals surface area (Å²) >= 11 is 2.99. The Morgan fingerprint density at radius 3 is 2.74 bits per heavy atom. The zero-order valence-electron chi connectivity index (χ0n) is 12.4. The van der Waals surface area contributed by atoms with Crippen LogP contribution in [-0.4, -0.2) is 46.4 Å². The van der Waals surface area contributed by atoms with Crippen LogP contribution in [0.1, 0.15) is 30.1 Å². The molecule has 0 radical (unpaired) electrons. The Labute approximate surface area is 140 Å². The zero-order chi connectivity index (χ0) is 17.1. The van der Waals surface area contributed by atoms with Gasteiger partial charge >= 0.3 is 5.97 Å². The molecule has 2 amide bonds. The molecule has 2 atom stereocenters. The Kier molecular flexibility index (Phi) is 5.35. The van der Waals surface area contributed by atoms with E-state index >= 15 is 0 Å². The summed E-state index contributed by atoms with van der Waals surface area (Å²) < 4.78 is 13.7. The molecule has 8 heteroatoms. The second kappa shape index (κ2) is 7.08. The van der Waals surface area contributed by atoms with Gasteiger partial charge < -0.3 is 15.3 Å². The molecular formula is C15H16BrFN2O4. The van der Waals surface area contributed by atoms with Gasteiger partial charge in [-0.25, -0.2) is 9.18 Å². The van der Waals surface area contributed by atoms with Gasteiger partial charge in [-0.05, 0) is 53.9 Å². The Balaban J connectivity index is 2.04. The van der Waals surface area contributed by atoms with Crippen LogP contribution in [0.15, 0.2) is 22.7 Å². The normalized spacial score (nSPS) is 18.6. The molecule has 1 aromatic rings. The first kappa shape index (κ1) is 17.4. The Bertz CT molecular complexity index is 652. The van der Waals surface area contributed by atoms with Gasteiger partial charge in [-0.1, -0.05) is 0 Å². The molecular weight excluding hydrogens is 371 g/mol. The van der Waals surface area contributed by atoms with E-state index in [1.165, 1.54) is 24.0 Å². The third-order valence-corrected chi connectivity index (χ3v) is 4.36. The van der Waals surface area contributed by atoms with E-state index in [0.717, 1.165) is 6.07 Å².